The maximum Gasteiger partial charge on any atom is 0.265 e. The molecule has 0 saturated carbocycles. The molecule has 2 atom stereocenters. The number of nitrogens with one attached hydrogen (secondary N) is 2. The summed E-state index contributed by atoms with van der Waals surface area (Å²) in [6, 6.07) is 12.3. The summed E-state index contributed by atoms with van der Waals surface area (Å²) in [7, 11) is -3.92. The molecule has 176 valence electrons. The number of hydrogen-bond donors (Lipinski definition) is 2. The van der Waals surface area contributed by atoms with Gasteiger partial charge >= 0.3 is 0 Å². The van der Waals surface area contributed by atoms with Crippen molar-refractivity contribution in [2.75, 3.05) is 18.4 Å². The Morgan fingerprint density at radius 3 is 2.76 bits per heavy atom. The SMILES string of the molecule is Cc1cc2c(cc1S(=O)(=O)N1CCCC1C(=O)NCCCc1ccccc1)OC(C)C(=O)N2. The maximum atomic E-state index is 13.5. The highest BCUT2D eigenvalue weighted by Gasteiger charge is 2.40. The van der Waals surface area contributed by atoms with Crippen LogP contribution in [0.3, 0.4) is 0 Å². The summed E-state index contributed by atoms with van der Waals surface area (Å²) in [6.07, 6.45) is 2.01. The molecule has 2 aromatic carbocycles. The van der Waals surface area contributed by atoms with Gasteiger partial charge in [0.25, 0.3) is 5.91 Å². The lowest BCUT2D eigenvalue weighted by Gasteiger charge is -2.27. The van der Waals surface area contributed by atoms with Crippen LogP contribution in [0.5, 0.6) is 5.75 Å². The number of ether oxygens (including phenoxy) is 1. The standard InChI is InChI=1S/C24H29N3O5S/c1-16-14-19-21(32-17(2)23(28)26-19)15-22(16)33(30,31)27-13-7-11-20(27)24(29)25-12-6-10-18-8-4-3-5-9-18/h3-5,8-9,14-15,17,20H,6-7,10-13H2,1-2H3,(H,25,29)(H,26,28). The minimum Gasteiger partial charge on any atom is -0.479 e. The van der Waals surface area contributed by atoms with E-state index in [1.807, 2.05) is 30.3 Å². The van der Waals surface area contributed by atoms with Crippen molar-refractivity contribution in [1.29, 1.82) is 0 Å². The van der Waals surface area contributed by atoms with Crippen LogP contribution in [0.2, 0.25) is 0 Å². The number of carbonyl (C=O) groups is 2. The third kappa shape index (κ3) is 4.89. The summed E-state index contributed by atoms with van der Waals surface area (Å²) < 4.78 is 33.9. The Labute approximate surface area is 194 Å². The van der Waals surface area contributed by atoms with Crippen molar-refractivity contribution in [3.63, 3.8) is 0 Å². The fourth-order valence-electron chi connectivity index (χ4n) is 4.30. The number of hydrogen-bond acceptors (Lipinski definition) is 5. The molecule has 0 aliphatic carbocycles. The van der Waals surface area contributed by atoms with E-state index < -0.39 is 22.2 Å². The first-order valence-corrected chi connectivity index (χ1v) is 12.7. The molecule has 33 heavy (non-hydrogen) atoms. The molecule has 0 bridgehead atoms. The number of fused-ring (bicyclic) bond motifs is 1. The Kier molecular flexibility index (Phi) is 6.71. The number of nitrogens with zero attached hydrogens (tertiary/aromatic N) is 1. The van der Waals surface area contributed by atoms with Crippen LogP contribution in [0.1, 0.15) is 37.3 Å². The molecule has 2 N–H and O–H groups in total. The van der Waals surface area contributed by atoms with E-state index in [9.17, 15) is 18.0 Å². The highest BCUT2D eigenvalue weighted by atomic mass is 32.2. The van der Waals surface area contributed by atoms with Gasteiger partial charge in [0, 0.05) is 19.2 Å². The molecule has 2 unspecified atom stereocenters. The number of benzene rings is 2. The van der Waals surface area contributed by atoms with Gasteiger partial charge in [0.05, 0.1) is 10.6 Å². The topological polar surface area (TPSA) is 105 Å². The zero-order valence-electron chi connectivity index (χ0n) is 18.8. The monoisotopic (exact) mass is 471 g/mol. The Morgan fingerprint density at radius 1 is 1.24 bits per heavy atom. The molecule has 2 aliphatic rings. The van der Waals surface area contributed by atoms with Crippen LogP contribution in [0.25, 0.3) is 0 Å². The molecular formula is C24H29N3O5S. The van der Waals surface area contributed by atoms with Gasteiger partial charge < -0.3 is 15.4 Å². The third-order valence-corrected chi connectivity index (χ3v) is 8.14. The first-order valence-electron chi connectivity index (χ1n) is 11.2. The normalized spacial score (nSPS) is 20.6. The van der Waals surface area contributed by atoms with E-state index in [-0.39, 0.29) is 23.3 Å². The molecule has 9 heteroatoms. The number of sulfonamides is 1. The smallest absolute Gasteiger partial charge is 0.265 e. The Bertz CT molecular complexity index is 1150. The van der Waals surface area contributed by atoms with Crippen molar-refractivity contribution in [3.8, 4) is 5.75 Å². The molecule has 8 nitrogen and oxygen atoms in total. The summed E-state index contributed by atoms with van der Waals surface area (Å²) in [5, 5.41) is 5.64. The van der Waals surface area contributed by atoms with E-state index in [1.54, 1.807) is 19.9 Å². The van der Waals surface area contributed by atoms with Gasteiger partial charge in [-0.05, 0) is 56.7 Å². The van der Waals surface area contributed by atoms with Crippen LogP contribution in [0.15, 0.2) is 47.4 Å². The quantitative estimate of drug-likeness (QED) is 0.604. The fourth-order valence-corrected chi connectivity index (χ4v) is 6.18. The second kappa shape index (κ2) is 9.52. The summed E-state index contributed by atoms with van der Waals surface area (Å²) in [5.41, 5.74) is 2.14. The van der Waals surface area contributed by atoms with Gasteiger partial charge in [-0.2, -0.15) is 4.31 Å². The molecule has 1 saturated heterocycles. The lowest BCUT2D eigenvalue weighted by atomic mass is 10.1. The van der Waals surface area contributed by atoms with Gasteiger partial charge in [-0.15, -0.1) is 0 Å². The third-order valence-electron chi connectivity index (χ3n) is 6.09. The van der Waals surface area contributed by atoms with E-state index in [0.29, 0.717) is 36.4 Å². The van der Waals surface area contributed by atoms with Crippen molar-refractivity contribution in [2.24, 2.45) is 0 Å². The average molecular weight is 472 g/mol. The van der Waals surface area contributed by atoms with Crippen LogP contribution >= 0.6 is 0 Å². The molecule has 2 aromatic rings. The number of anilines is 1. The number of amides is 2. The fraction of sp³-hybridized carbons (Fsp3) is 0.417. The Balaban J connectivity index is 1.45. The summed E-state index contributed by atoms with van der Waals surface area (Å²) in [5.74, 6) is -0.231. The highest BCUT2D eigenvalue weighted by Crippen LogP contribution is 2.36. The van der Waals surface area contributed by atoms with E-state index in [2.05, 4.69) is 10.6 Å². The summed E-state index contributed by atoms with van der Waals surface area (Å²) in [4.78, 5) is 24.8. The van der Waals surface area contributed by atoms with Crippen LogP contribution in [0.4, 0.5) is 5.69 Å². The molecule has 4 rings (SSSR count). The molecular weight excluding hydrogens is 442 g/mol. The molecule has 2 amide bonds. The van der Waals surface area contributed by atoms with Crippen LogP contribution in [0, 0.1) is 6.92 Å². The average Bonchev–Trinajstić information content (AvgIpc) is 3.29. The first kappa shape index (κ1) is 23.3. The van der Waals surface area contributed by atoms with Gasteiger partial charge in [-0.25, -0.2) is 8.42 Å². The lowest BCUT2D eigenvalue weighted by molar-refractivity contribution is -0.124. The number of rotatable bonds is 7. The van der Waals surface area contributed by atoms with Gasteiger partial charge in [-0.1, -0.05) is 30.3 Å². The molecule has 0 spiro atoms. The molecule has 0 aromatic heterocycles. The Hall–Kier alpha value is -2.91. The van der Waals surface area contributed by atoms with E-state index in [4.69, 9.17) is 4.74 Å². The molecule has 2 aliphatic heterocycles. The zero-order valence-corrected chi connectivity index (χ0v) is 19.7. The second-order valence-corrected chi connectivity index (χ2v) is 10.4. The number of aryl methyl sites for hydroxylation is 2. The van der Waals surface area contributed by atoms with E-state index in [1.165, 1.54) is 15.9 Å². The summed E-state index contributed by atoms with van der Waals surface area (Å²) >= 11 is 0. The predicted molar refractivity (Wildman–Crippen MR) is 125 cm³/mol. The lowest BCUT2D eigenvalue weighted by Crippen LogP contribution is -2.46. The van der Waals surface area contributed by atoms with Crippen molar-refractivity contribution in [3.05, 3.63) is 53.6 Å². The van der Waals surface area contributed by atoms with Crippen LogP contribution in [-0.4, -0.2) is 49.8 Å². The minimum atomic E-state index is -3.92. The highest BCUT2D eigenvalue weighted by molar-refractivity contribution is 7.89. The van der Waals surface area contributed by atoms with E-state index in [0.717, 1.165) is 12.8 Å². The van der Waals surface area contributed by atoms with Crippen LogP contribution in [-0.2, 0) is 26.0 Å². The first-order chi connectivity index (χ1) is 15.8. The van der Waals surface area contributed by atoms with Crippen molar-refractivity contribution < 1.29 is 22.7 Å². The van der Waals surface area contributed by atoms with Crippen LogP contribution < -0.4 is 15.4 Å². The van der Waals surface area contributed by atoms with E-state index >= 15 is 0 Å². The van der Waals surface area contributed by atoms with Crippen molar-refractivity contribution in [1.82, 2.24) is 9.62 Å². The van der Waals surface area contributed by atoms with Gasteiger partial charge in [0.2, 0.25) is 15.9 Å². The summed E-state index contributed by atoms with van der Waals surface area (Å²) in [6.45, 7) is 4.05. The minimum absolute atomic E-state index is 0.0911. The molecule has 1 fully saturated rings. The largest absolute Gasteiger partial charge is 0.479 e. The van der Waals surface area contributed by atoms with Gasteiger partial charge in [0.1, 0.15) is 11.8 Å². The second-order valence-electron chi connectivity index (χ2n) is 8.52. The van der Waals surface area contributed by atoms with Gasteiger partial charge in [0.15, 0.2) is 6.10 Å². The van der Waals surface area contributed by atoms with Gasteiger partial charge in [-0.3, -0.25) is 9.59 Å². The molecule has 0 radical (unpaired) electrons. The number of carbonyl (C=O) groups excluding carboxylic acids is 2. The maximum absolute atomic E-state index is 13.5. The predicted octanol–water partition coefficient (Wildman–Crippen LogP) is 2.62. The van der Waals surface area contributed by atoms with Crippen molar-refractivity contribution in [2.45, 2.75) is 56.6 Å². The van der Waals surface area contributed by atoms with Crippen molar-refractivity contribution >= 4 is 27.5 Å². The Morgan fingerprint density at radius 2 is 2.00 bits per heavy atom. The zero-order chi connectivity index (χ0) is 23.6. The molecule has 2 heterocycles.